The third kappa shape index (κ3) is 2.13. The summed E-state index contributed by atoms with van der Waals surface area (Å²) in [5, 5.41) is 3.40. The summed E-state index contributed by atoms with van der Waals surface area (Å²) in [5.74, 6) is 0.503. The van der Waals surface area contributed by atoms with E-state index in [-0.39, 0.29) is 0 Å². The molecule has 1 aliphatic heterocycles. The molecule has 0 spiro atoms. The van der Waals surface area contributed by atoms with Crippen molar-refractivity contribution in [3.8, 4) is 0 Å². The van der Waals surface area contributed by atoms with Crippen LogP contribution in [0.2, 0.25) is 5.02 Å². The third-order valence-corrected chi connectivity index (χ3v) is 5.35. The number of anilines is 2. The number of benzene rings is 3. The Morgan fingerprint density at radius 3 is 2.55 bits per heavy atom. The SMILES string of the molecule is CC1CN(c2ccc(Cl)cc2)c2ccc3c(Br)cccc3c21. The number of fused-ring (bicyclic) bond motifs is 3. The summed E-state index contributed by atoms with van der Waals surface area (Å²) in [6.07, 6.45) is 0. The highest BCUT2D eigenvalue weighted by molar-refractivity contribution is 9.10. The Bertz CT molecular complexity index is 857. The highest BCUT2D eigenvalue weighted by Gasteiger charge is 2.28. The summed E-state index contributed by atoms with van der Waals surface area (Å²) in [4.78, 5) is 2.39. The molecule has 0 saturated heterocycles. The van der Waals surface area contributed by atoms with Gasteiger partial charge < -0.3 is 4.90 Å². The van der Waals surface area contributed by atoms with Crippen LogP contribution in [0.25, 0.3) is 10.8 Å². The highest BCUT2D eigenvalue weighted by atomic mass is 79.9. The standard InChI is InChI=1S/C19H15BrClN/c1-12-11-22(14-7-5-13(21)6-8-14)18-10-9-15-16(19(12)18)3-2-4-17(15)20/h2-10,12H,11H2,1H3. The first-order valence-electron chi connectivity index (χ1n) is 7.39. The molecule has 0 saturated carbocycles. The van der Waals surface area contributed by atoms with E-state index in [2.05, 4.69) is 70.2 Å². The zero-order valence-electron chi connectivity index (χ0n) is 12.2. The van der Waals surface area contributed by atoms with Crippen LogP contribution in [0, 0.1) is 0 Å². The Labute approximate surface area is 143 Å². The van der Waals surface area contributed by atoms with Crippen molar-refractivity contribution in [3.63, 3.8) is 0 Å². The maximum atomic E-state index is 6.02. The second kappa shape index (κ2) is 5.29. The average Bonchev–Trinajstić information content (AvgIpc) is 2.86. The summed E-state index contributed by atoms with van der Waals surface area (Å²) in [6, 6.07) is 19.0. The predicted molar refractivity (Wildman–Crippen MR) is 98.5 cm³/mol. The summed E-state index contributed by atoms with van der Waals surface area (Å²) in [6.45, 7) is 3.30. The fraction of sp³-hybridized carbons (Fsp3) is 0.158. The minimum Gasteiger partial charge on any atom is -0.341 e. The van der Waals surface area contributed by atoms with Crippen molar-refractivity contribution < 1.29 is 0 Å². The molecule has 1 unspecified atom stereocenters. The maximum Gasteiger partial charge on any atom is 0.0453 e. The van der Waals surface area contributed by atoms with Crippen molar-refractivity contribution in [2.24, 2.45) is 0 Å². The van der Waals surface area contributed by atoms with Gasteiger partial charge in [-0.3, -0.25) is 0 Å². The molecule has 1 atom stereocenters. The van der Waals surface area contributed by atoms with E-state index in [4.69, 9.17) is 11.6 Å². The van der Waals surface area contributed by atoms with E-state index in [0.717, 1.165) is 16.0 Å². The highest BCUT2D eigenvalue weighted by Crippen LogP contribution is 2.45. The predicted octanol–water partition coefficient (Wildman–Crippen LogP) is 6.51. The molecule has 1 aliphatic rings. The van der Waals surface area contributed by atoms with Gasteiger partial charge in [-0.25, -0.2) is 0 Å². The van der Waals surface area contributed by atoms with Gasteiger partial charge in [0.1, 0.15) is 0 Å². The lowest BCUT2D eigenvalue weighted by Crippen LogP contribution is -2.14. The molecule has 0 aliphatic carbocycles. The average molecular weight is 373 g/mol. The van der Waals surface area contributed by atoms with Crippen LogP contribution in [-0.4, -0.2) is 6.54 Å². The van der Waals surface area contributed by atoms with Crippen LogP contribution in [-0.2, 0) is 0 Å². The first-order valence-corrected chi connectivity index (χ1v) is 8.56. The number of halogens is 2. The van der Waals surface area contributed by atoms with Crippen LogP contribution in [0.4, 0.5) is 11.4 Å². The van der Waals surface area contributed by atoms with Crippen molar-refractivity contribution in [2.75, 3.05) is 11.4 Å². The monoisotopic (exact) mass is 371 g/mol. The van der Waals surface area contributed by atoms with Crippen LogP contribution in [0.15, 0.2) is 59.1 Å². The van der Waals surface area contributed by atoms with Gasteiger partial charge >= 0.3 is 0 Å². The first kappa shape index (κ1) is 14.1. The summed E-state index contributed by atoms with van der Waals surface area (Å²) in [5.41, 5.74) is 3.94. The quantitative estimate of drug-likeness (QED) is 0.470. The van der Waals surface area contributed by atoms with E-state index >= 15 is 0 Å². The van der Waals surface area contributed by atoms with Crippen molar-refractivity contribution in [1.82, 2.24) is 0 Å². The summed E-state index contributed by atoms with van der Waals surface area (Å²) in [7, 11) is 0. The maximum absolute atomic E-state index is 6.02. The zero-order chi connectivity index (χ0) is 15.3. The van der Waals surface area contributed by atoms with E-state index in [1.165, 1.54) is 27.7 Å². The molecule has 3 aromatic carbocycles. The van der Waals surface area contributed by atoms with Gasteiger partial charge in [0, 0.05) is 33.3 Å². The molecule has 0 bridgehead atoms. The van der Waals surface area contributed by atoms with Crippen LogP contribution in [0.1, 0.15) is 18.4 Å². The topological polar surface area (TPSA) is 3.24 Å². The summed E-state index contributed by atoms with van der Waals surface area (Å²) >= 11 is 9.68. The largest absolute Gasteiger partial charge is 0.341 e. The number of nitrogens with zero attached hydrogens (tertiary/aromatic N) is 1. The van der Waals surface area contributed by atoms with Crippen LogP contribution in [0.5, 0.6) is 0 Å². The molecule has 4 rings (SSSR count). The van der Waals surface area contributed by atoms with Crippen LogP contribution >= 0.6 is 27.5 Å². The van der Waals surface area contributed by atoms with E-state index in [1.54, 1.807) is 0 Å². The molecule has 0 fully saturated rings. The lowest BCUT2D eigenvalue weighted by atomic mass is 9.96. The van der Waals surface area contributed by atoms with Gasteiger partial charge in [-0.15, -0.1) is 0 Å². The van der Waals surface area contributed by atoms with Gasteiger partial charge in [0.2, 0.25) is 0 Å². The molecular formula is C19H15BrClN. The molecular weight excluding hydrogens is 358 g/mol. The van der Waals surface area contributed by atoms with Gasteiger partial charge in [-0.2, -0.15) is 0 Å². The van der Waals surface area contributed by atoms with Crippen LogP contribution in [0.3, 0.4) is 0 Å². The van der Waals surface area contributed by atoms with Crippen LogP contribution < -0.4 is 4.90 Å². The molecule has 0 N–H and O–H groups in total. The molecule has 3 heteroatoms. The van der Waals surface area contributed by atoms with Gasteiger partial charge in [0.15, 0.2) is 0 Å². The Balaban J connectivity index is 1.92. The Hall–Kier alpha value is -1.51. The number of rotatable bonds is 1. The molecule has 0 amide bonds. The normalized spacial score (nSPS) is 17.0. The van der Waals surface area contributed by atoms with E-state index in [0.29, 0.717) is 5.92 Å². The molecule has 110 valence electrons. The fourth-order valence-electron chi connectivity index (χ4n) is 3.41. The zero-order valence-corrected chi connectivity index (χ0v) is 14.5. The van der Waals surface area contributed by atoms with Gasteiger partial charge in [-0.05, 0) is 52.7 Å². The Morgan fingerprint density at radius 2 is 1.77 bits per heavy atom. The lowest BCUT2D eigenvalue weighted by Gasteiger charge is -2.20. The minimum absolute atomic E-state index is 0.503. The van der Waals surface area contributed by atoms with Gasteiger partial charge in [0.05, 0.1) is 0 Å². The number of hydrogen-bond acceptors (Lipinski definition) is 1. The molecule has 3 aromatic rings. The van der Waals surface area contributed by atoms with Gasteiger partial charge in [0.25, 0.3) is 0 Å². The minimum atomic E-state index is 0.503. The molecule has 1 heterocycles. The van der Waals surface area contributed by atoms with E-state index in [1.807, 2.05) is 12.1 Å². The molecule has 0 radical (unpaired) electrons. The smallest absolute Gasteiger partial charge is 0.0453 e. The molecule has 0 aromatic heterocycles. The Kier molecular flexibility index (Phi) is 3.39. The van der Waals surface area contributed by atoms with Crippen molar-refractivity contribution in [2.45, 2.75) is 12.8 Å². The molecule has 1 nitrogen and oxygen atoms in total. The molecule has 22 heavy (non-hydrogen) atoms. The van der Waals surface area contributed by atoms with Crippen molar-refractivity contribution in [3.05, 3.63) is 69.7 Å². The lowest BCUT2D eigenvalue weighted by molar-refractivity contribution is 0.818. The Morgan fingerprint density at radius 1 is 1.00 bits per heavy atom. The fourth-order valence-corrected chi connectivity index (χ4v) is 4.04. The first-order chi connectivity index (χ1) is 10.6. The third-order valence-electron chi connectivity index (χ3n) is 4.41. The van der Waals surface area contributed by atoms with Gasteiger partial charge in [-0.1, -0.05) is 52.7 Å². The second-order valence-electron chi connectivity index (χ2n) is 5.82. The second-order valence-corrected chi connectivity index (χ2v) is 7.11. The number of hydrogen-bond donors (Lipinski definition) is 0. The van der Waals surface area contributed by atoms with Crippen molar-refractivity contribution in [1.29, 1.82) is 0 Å². The van der Waals surface area contributed by atoms with E-state index < -0.39 is 0 Å². The summed E-state index contributed by atoms with van der Waals surface area (Å²) < 4.78 is 1.16. The van der Waals surface area contributed by atoms with Crippen molar-refractivity contribution >= 4 is 49.7 Å². The van der Waals surface area contributed by atoms with E-state index in [9.17, 15) is 0 Å².